The van der Waals surface area contributed by atoms with Gasteiger partial charge < -0.3 is 14.8 Å². The van der Waals surface area contributed by atoms with Crippen LogP contribution < -0.4 is 5.32 Å². The third kappa shape index (κ3) is 6.22. The molecule has 6 nitrogen and oxygen atoms in total. The normalized spacial score (nSPS) is 20.1. The van der Waals surface area contributed by atoms with Crippen molar-refractivity contribution in [3.05, 3.63) is 52.3 Å². The number of aromatic nitrogens is 3. The molecule has 0 amide bonds. The van der Waals surface area contributed by atoms with E-state index in [0.29, 0.717) is 21.4 Å². The fraction of sp³-hybridized carbons (Fsp3) is 0.588. The van der Waals surface area contributed by atoms with Crippen LogP contribution in [0.2, 0.25) is 0 Å². The molecule has 1 aromatic carbocycles. The maximum absolute atomic E-state index is 12.9. The Morgan fingerprint density at radius 2 is 1.75 bits per heavy atom. The first kappa shape index (κ1) is 30.0. The van der Waals surface area contributed by atoms with E-state index >= 15 is 0 Å². The summed E-state index contributed by atoms with van der Waals surface area (Å²) in [5, 5.41) is 5.57. The molecule has 0 atom stereocenters. The first-order valence-electron chi connectivity index (χ1n) is 16.2. The summed E-state index contributed by atoms with van der Waals surface area (Å²) in [6, 6.07) is 8.86. The highest BCUT2D eigenvalue weighted by Crippen LogP contribution is 2.45. The Labute approximate surface area is 261 Å². The summed E-state index contributed by atoms with van der Waals surface area (Å²) in [6.07, 6.45) is 5.29. The summed E-state index contributed by atoms with van der Waals surface area (Å²) in [7, 11) is 0. The zero-order valence-corrected chi connectivity index (χ0v) is 26.7. The van der Waals surface area contributed by atoms with Crippen LogP contribution in [0, 0.1) is 19.3 Å². The van der Waals surface area contributed by atoms with Gasteiger partial charge in [0.25, 0.3) is 0 Å². The van der Waals surface area contributed by atoms with Crippen molar-refractivity contribution in [2.45, 2.75) is 90.5 Å². The van der Waals surface area contributed by atoms with Crippen LogP contribution >= 0.6 is 11.3 Å². The molecule has 7 rings (SSSR count). The molecule has 4 aromatic rings. The number of hydrogen-bond donors (Lipinski definition) is 1. The van der Waals surface area contributed by atoms with Crippen molar-refractivity contribution in [2.24, 2.45) is 5.41 Å². The highest BCUT2D eigenvalue weighted by atomic mass is 32.1. The number of aryl methyl sites for hydroxylation is 2. The first-order valence-corrected chi connectivity index (χ1v) is 17.1. The van der Waals surface area contributed by atoms with Gasteiger partial charge in [-0.3, -0.25) is 4.90 Å². The molecule has 1 aliphatic carbocycles. The number of fused-ring (bicyclic) bond motifs is 2. The topological polar surface area (TPSA) is 49.2 Å². The number of halogens is 3. The monoisotopic (exact) mass is 624 g/mol. The van der Waals surface area contributed by atoms with E-state index in [1.165, 1.54) is 79.2 Å². The van der Waals surface area contributed by atoms with Crippen LogP contribution in [0.1, 0.15) is 66.6 Å². The lowest BCUT2D eigenvalue weighted by molar-refractivity contribution is -0.126. The highest BCUT2D eigenvalue weighted by Gasteiger charge is 2.39. The fourth-order valence-electron chi connectivity index (χ4n) is 8.09. The number of rotatable bonds is 8. The molecule has 1 spiro atoms. The van der Waals surface area contributed by atoms with Crippen molar-refractivity contribution in [1.82, 2.24) is 24.3 Å². The van der Waals surface area contributed by atoms with Gasteiger partial charge in [0.2, 0.25) is 0 Å². The maximum atomic E-state index is 12.9. The van der Waals surface area contributed by atoms with Gasteiger partial charge in [0.15, 0.2) is 0 Å². The zero-order chi connectivity index (χ0) is 30.5. The average Bonchev–Trinajstić information content (AvgIpc) is 3.77. The number of nitrogens with one attached hydrogen (secondary N) is 1. The van der Waals surface area contributed by atoms with Gasteiger partial charge in [-0.2, -0.15) is 13.2 Å². The molecule has 0 radical (unpaired) electrons. The van der Waals surface area contributed by atoms with Gasteiger partial charge in [0, 0.05) is 66.8 Å². The molecule has 3 fully saturated rings. The van der Waals surface area contributed by atoms with Crippen LogP contribution in [0.25, 0.3) is 21.1 Å². The molecular formula is C34H43F3N6S. The molecule has 2 saturated heterocycles. The van der Waals surface area contributed by atoms with Gasteiger partial charge in [-0.15, -0.1) is 11.3 Å². The van der Waals surface area contributed by atoms with Crippen LogP contribution in [-0.4, -0.2) is 69.3 Å². The van der Waals surface area contributed by atoms with Gasteiger partial charge in [0.05, 0.1) is 11.8 Å². The van der Waals surface area contributed by atoms with E-state index in [1.54, 1.807) is 6.07 Å². The number of anilines is 1. The van der Waals surface area contributed by atoms with E-state index in [1.807, 2.05) is 0 Å². The highest BCUT2D eigenvalue weighted by molar-refractivity contribution is 7.18. The Kier molecular flexibility index (Phi) is 8.12. The minimum Gasteiger partial charge on any atom is -0.367 e. The largest absolute Gasteiger partial charge is 0.393 e. The van der Waals surface area contributed by atoms with Crippen molar-refractivity contribution < 1.29 is 13.2 Å². The van der Waals surface area contributed by atoms with Gasteiger partial charge >= 0.3 is 6.18 Å². The second-order valence-corrected chi connectivity index (χ2v) is 14.7. The van der Waals surface area contributed by atoms with E-state index in [0.717, 1.165) is 56.9 Å². The Bertz CT molecular complexity index is 1630. The summed E-state index contributed by atoms with van der Waals surface area (Å²) in [5.41, 5.74) is 6.09. The van der Waals surface area contributed by atoms with Gasteiger partial charge in [-0.05, 0) is 87.2 Å². The molecule has 1 N–H and O–H groups in total. The Hall–Kier alpha value is -2.69. The van der Waals surface area contributed by atoms with E-state index in [2.05, 4.69) is 61.7 Å². The van der Waals surface area contributed by atoms with Crippen molar-refractivity contribution in [1.29, 1.82) is 0 Å². The first-order chi connectivity index (χ1) is 21.1. The van der Waals surface area contributed by atoms with Crippen LogP contribution in [0.3, 0.4) is 0 Å². The number of benzene rings is 1. The van der Waals surface area contributed by atoms with E-state index in [4.69, 9.17) is 0 Å². The SMILES string of the molecule is Cc1c(CN2CCC(Nc3ncnc4sc(CC(F)(F)F)cc34)CC2)ccc2c1cc(C)n2CCN1CCC2(CCCC2)C1. The third-order valence-corrected chi connectivity index (χ3v) is 11.6. The number of thiophene rings is 1. The molecule has 44 heavy (non-hydrogen) atoms. The lowest BCUT2D eigenvalue weighted by Crippen LogP contribution is -2.39. The Morgan fingerprint density at radius 3 is 2.52 bits per heavy atom. The summed E-state index contributed by atoms with van der Waals surface area (Å²) in [6.45, 7) is 12.1. The van der Waals surface area contributed by atoms with Crippen LogP contribution in [0.15, 0.2) is 30.6 Å². The molecule has 0 bridgehead atoms. The summed E-state index contributed by atoms with van der Waals surface area (Å²) in [4.78, 5) is 14.7. The molecule has 3 aliphatic rings. The smallest absolute Gasteiger partial charge is 0.367 e. The predicted octanol–water partition coefficient (Wildman–Crippen LogP) is 7.71. The van der Waals surface area contributed by atoms with Crippen LogP contribution in [-0.2, 0) is 19.5 Å². The maximum Gasteiger partial charge on any atom is 0.393 e. The van der Waals surface area contributed by atoms with Gasteiger partial charge in [0.1, 0.15) is 17.0 Å². The average molecular weight is 625 g/mol. The van der Waals surface area contributed by atoms with Crippen molar-refractivity contribution in [3.63, 3.8) is 0 Å². The minimum atomic E-state index is -4.23. The lowest BCUT2D eigenvalue weighted by atomic mass is 9.86. The van der Waals surface area contributed by atoms with Crippen molar-refractivity contribution >= 4 is 38.3 Å². The molecule has 10 heteroatoms. The minimum absolute atomic E-state index is 0.231. The summed E-state index contributed by atoms with van der Waals surface area (Å²) < 4.78 is 41.3. The standard InChI is InChI=1S/C34H43F3N6S/c1-23-17-28-24(2)25(5-6-30(28)43(23)16-15-42-14-11-33(21-42)9-3-4-10-33)20-41-12-7-26(8-13-41)40-31-29-18-27(19-34(35,36)37)44-32(29)39-22-38-31/h5-6,17-18,22,26H,3-4,7-16,19-21H2,1-2H3,(H,38,39,40). The van der Waals surface area contributed by atoms with E-state index in [-0.39, 0.29) is 10.9 Å². The number of likely N-dealkylation sites (tertiary alicyclic amines) is 2. The van der Waals surface area contributed by atoms with Crippen LogP contribution in [0.5, 0.6) is 0 Å². The second-order valence-electron chi connectivity index (χ2n) is 13.6. The molecule has 3 aromatic heterocycles. The number of alkyl halides is 3. The Morgan fingerprint density at radius 1 is 0.955 bits per heavy atom. The van der Waals surface area contributed by atoms with Crippen molar-refractivity contribution in [3.8, 4) is 0 Å². The fourth-order valence-corrected chi connectivity index (χ4v) is 9.12. The molecular weight excluding hydrogens is 581 g/mol. The summed E-state index contributed by atoms with van der Waals surface area (Å²) in [5.74, 6) is 0.641. The molecule has 0 unspecified atom stereocenters. The van der Waals surface area contributed by atoms with E-state index in [9.17, 15) is 13.2 Å². The second kappa shape index (κ2) is 11.9. The van der Waals surface area contributed by atoms with E-state index < -0.39 is 12.6 Å². The molecule has 236 valence electrons. The molecule has 2 aliphatic heterocycles. The van der Waals surface area contributed by atoms with Crippen LogP contribution in [0.4, 0.5) is 19.0 Å². The third-order valence-electron chi connectivity index (χ3n) is 10.6. The van der Waals surface area contributed by atoms with Gasteiger partial charge in [-0.1, -0.05) is 18.9 Å². The molecule has 5 heterocycles. The van der Waals surface area contributed by atoms with Gasteiger partial charge in [-0.25, -0.2) is 9.97 Å². The lowest BCUT2D eigenvalue weighted by Gasteiger charge is -2.33. The quantitative estimate of drug-likeness (QED) is 0.218. The van der Waals surface area contributed by atoms with Crippen molar-refractivity contribution in [2.75, 3.05) is 38.0 Å². The number of hydrogen-bond acceptors (Lipinski definition) is 6. The zero-order valence-electron chi connectivity index (χ0n) is 25.8. The predicted molar refractivity (Wildman–Crippen MR) is 172 cm³/mol. The molecule has 1 saturated carbocycles. The number of piperidine rings is 1. The summed E-state index contributed by atoms with van der Waals surface area (Å²) >= 11 is 1.10. The Balaban J connectivity index is 0.959. The number of nitrogens with zero attached hydrogens (tertiary/aromatic N) is 5.